The number of ketones is 1. The summed E-state index contributed by atoms with van der Waals surface area (Å²) in [6.07, 6.45) is 0.929. The van der Waals surface area contributed by atoms with E-state index >= 15 is 0 Å². The highest BCUT2D eigenvalue weighted by Crippen LogP contribution is 2.17. The minimum absolute atomic E-state index is 0.124. The fourth-order valence-electron chi connectivity index (χ4n) is 1.09. The van der Waals surface area contributed by atoms with Crippen molar-refractivity contribution in [3.8, 4) is 0 Å². The molecule has 0 saturated carbocycles. The fraction of sp³-hybridized carbons (Fsp3) is 0.300. The molecule has 0 aliphatic heterocycles. The average molecular weight is 265 g/mol. The third kappa shape index (κ3) is 3.90. The van der Waals surface area contributed by atoms with Crippen LogP contribution in [0.3, 0.4) is 0 Å². The third-order valence-corrected chi connectivity index (χ3v) is 3.18. The molecule has 0 saturated heterocycles. The fourth-order valence-corrected chi connectivity index (χ4v) is 1.83. The van der Waals surface area contributed by atoms with Gasteiger partial charge in [-0.25, -0.2) is 12.8 Å². The van der Waals surface area contributed by atoms with Crippen molar-refractivity contribution < 1.29 is 17.6 Å². The van der Waals surface area contributed by atoms with Gasteiger partial charge in [0.2, 0.25) is 0 Å². The van der Waals surface area contributed by atoms with Crippen LogP contribution in [0.4, 0.5) is 4.39 Å². The van der Waals surface area contributed by atoms with Crippen molar-refractivity contribution in [2.24, 2.45) is 0 Å². The van der Waals surface area contributed by atoms with E-state index in [0.29, 0.717) is 0 Å². The molecule has 0 amide bonds. The van der Waals surface area contributed by atoms with Gasteiger partial charge in [0.15, 0.2) is 5.78 Å². The Morgan fingerprint density at radius 2 is 2.06 bits per heavy atom. The van der Waals surface area contributed by atoms with Gasteiger partial charge in [-0.05, 0) is 18.2 Å². The summed E-state index contributed by atoms with van der Waals surface area (Å²) in [4.78, 5) is 11.5. The van der Waals surface area contributed by atoms with E-state index in [1.165, 1.54) is 12.1 Å². The van der Waals surface area contributed by atoms with Gasteiger partial charge in [0.25, 0.3) is 0 Å². The molecule has 0 spiro atoms. The van der Waals surface area contributed by atoms with Gasteiger partial charge in [0, 0.05) is 18.2 Å². The van der Waals surface area contributed by atoms with Crippen LogP contribution in [0.15, 0.2) is 18.2 Å². The Bertz CT molecular complexity index is 511. The molecule has 0 radical (unpaired) electrons. The normalized spacial score (nSPS) is 11.4. The molecule has 1 aromatic rings. The van der Waals surface area contributed by atoms with Gasteiger partial charge < -0.3 is 0 Å². The van der Waals surface area contributed by atoms with Crippen LogP contribution in [0, 0.1) is 5.82 Å². The highest BCUT2D eigenvalue weighted by Gasteiger charge is 2.11. The van der Waals surface area contributed by atoms with E-state index in [4.69, 9.17) is 11.6 Å². The molecule has 0 bridgehead atoms. The molecule has 0 unspecified atom stereocenters. The predicted octanol–water partition coefficient (Wildman–Crippen LogP) is 2.10. The molecule has 1 aromatic carbocycles. The van der Waals surface area contributed by atoms with Crippen molar-refractivity contribution in [2.45, 2.75) is 6.42 Å². The first-order valence-electron chi connectivity index (χ1n) is 4.45. The summed E-state index contributed by atoms with van der Waals surface area (Å²) in [6, 6.07) is 3.56. The van der Waals surface area contributed by atoms with Crippen molar-refractivity contribution in [1.82, 2.24) is 0 Å². The zero-order valence-corrected chi connectivity index (χ0v) is 10.1. The third-order valence-electron chi connectivity index (χ3n) is 1.94. The average Bonchev–Trinajstić information content (AvgIpc) is 2.17. The Labute approximate surface area is 98.1 Å². The van der Waals surface area contributed by atoms with Crippen molar-refractivity contribution in [2.75, 3.05) is 12.0 Å². The number of Topliss-reactive ketones (excluding diaryl/α,β-unsaturated/α-hetero) is 1. The summed E-state index contributed by atoms with van der Waals surface area (Å²) in [6.45, 7) is 0. The highest BCUT2D eigenvalue weighted by molar-refractivity contribution is 7.90. The molecular weight excluding hydrogens is 255 g/mol. The van der Waals surface area contributed by atoms with E-state index < -0.39 is 15.7 Å². The van der Waals surface area contributed by atoms with E-state index in [0.717, 1.165) is 12.3 Å². The second-order valence-electron chi connectivity index (χ2n) is 3.43. The summed E-state index contributed by atoms with van der Waals surface area (Å²) in [7, 11) is -3.17. The lowest BCUT2D eigenvalue weighted by Crippen LogP contribution is -2.09. The Hall–Kier alpha value is -0.940. The molecule has 88 valence electrons. The minimum atomic E-state index is -3.17. The maximum Gasteiger partial charge on any atom is 0.163 e. The van der Waals surface area contributed by atoms with E-state index in [1.54, 1.807) is 0 Å². The molecule has 0 atom stereocenters. The topological polar surface area (TPSA) is 51.2 Å². The molecule has 0 N–H and O–H groups in total. The van der Waals surface area contributed by atoms with Crippen molar-refractivity contribution in [3.05, 3.63) is 34.6 Å². The number of hydrogen-bond acceptors (Lipinski definition) is 3. The first-order chi connectivity index (χ1) is 7.29. The second-order valence-corrected chi connectivity index (χ2v) is 6.10. The maximum absolute atomic E-state index is 12.8. The molecule has 0 aliphatic rings. The number of hydrogen-bond donors (Lipinski definition) is 0. The monoisotopic (exact) mass is 264 g/mol. The van der Waals surface area contributed by atoms with E-state index in [2.05, 4.69) is 0 Å². The van der Waals surface area contributed by atoms with Gasteiger partial charge in [-0.2, -0.15) is 0 Å². The summed E-state index contributed by atoms with van der Waals surface area (Å²) in [5.41, 5.74) is 0.218. The Morgan fingerprint density at radius 3 is 2.56 bits per heavy atom. The minimum Gasteiger partial charge on any atom is -0.294 e. The van der Waals surface area contributed by atoms with Crippen LogP contribution in [0.2, 0.25) is 5.02 Å². The number of halogens is 2. The standard InChI is InChI=1S/C10H10ClFO3S/c1-16(14,15)5-4-10(13)7-2-3-9(12)8(11)6-7/h2-3,6H,4-5H2,1H3. The van der Waals surface area contributed by atoms with Crippen molar-refractivity contribution >= 4 is 27.2 Å². The van der Waals surface area contributed by atoms with Gasteiger partial charge in [-0.1, -0.05) is 11.6 Å². The largest absolute Gasteiger partial charge is 0.294 e. The SMILES string of the molecule is CS(=O)(=O)CCC(=O)c1ccc(F)c(Cl)c1. The Morgan fingerprint density at radius 1 is 1.44 bits per heavy atom. The quantitative estimate of drug-likeness (QED) is 0.783. The first-order valence-corrected chi connectivity index (χ1v) is 6.89. The smallest absolute Gasteiger partial charge is 0.163 e. The van der Waals surface area contributed by atoms with Crippen LogP contribution in [0.5, 0.6) is 0 Å². The lowest BCUT2D eigenvalue weighted by atomic mass is 10.1. The number of sulfone groups is 1. The van der Waals surface area contributed by atoms with Gasteiger partial charge in [-0.3, -0.25) is 4.79 Å². The van der Waals surface area contributed by atoms with Crippen LogP contribution >= 0.6 is 11.6 Å². The summed E-state index contributed by atoms with van der Waals surface area (Å²) in [5.74, 6) is -1.20. The predicted molar refractivity (Wildman–Crippen MR) is 60.1 cm³/mol. The summed E-state index contributed by atoms with van der Waals surface area (Å²) < 4.78 is 34.5. The lowest BCUT2D eigenvalue weighted by Gasteiger charge is -2.01. The molecule has 0 aromatic heterocycles. The van der Waals surface area contributed by atoms with Crippen molar-refractivity contribution in [3.63, 3.8) is 0 Å². The number of carbonyl (C=O) groups excluding carboxylic acids is 1. The molecular formula is C10H10ClFO3S. The van der Waals surface area contributed by atoms with Gasteiger partial charge >= 0.3 is 0 Å². The maximum atomic E-state index is 12.8. The van der Waals surface area contributed by atoms with Crippen LogP contribution in [-0.4, -0.2) is 26.2 Å². The lowest BCUT2D eigenvalue weighted by molar-refractivity contribution is 0.0989. The van der Waals surface area contributed by atoms with Crippen LogP contribution in [0.25, 0.3) is 0 Å². The molecule has 0 fully saturated rings. The zero-order valence-electron chi connectivity index (χ0n) is 8.54. The van der Waals surface area contributed by atoms with E-state index in [-0.39, 0.29) is 28.5 Å². The first kappa shape index (κ1) is 13.1. The molecule has 1 rings (SSSR count). The van der Waals surface area contributed by atoms with Crippen LogP contribution in [-0.2, 0) is 9.84 Å². The summed E-state index contributed by atoms with van der Waals surface area (Å²) in [5, 5.41) is -0.148. The zero-order chi connectivity index (χ0) is 12.3. The van der Waals surface area contributed by atoms with Gasteiger partial charge in [0.1, 0.15) is 15.7 Å². The highest BCUT2D eigenvalue weighted by atomic mass is 35.5. The Kier molecular flexibility index (Phi) is 4.04. The number of rotatable bonds is 4. The van der Waals surface area contributed by atoms with E-state index in [1.807, 2.05) is 0 Å². The molecule has 6 heteroatoms. The van der Waals surface area contributed by atoms with Gasteiger partial charge in [-0.15, -0.1) is 0 Å². The Balaban J connectivity index is 2.78. The van der Waals surface area contributed by atoms with Gasteiger partial charge in [0.05, 0.1) is 10.8 Å². The number of benzene rings is 1. The molecule has 16 heavy (non-hydrogen) atoms. The molecule has 0 heterocycles. The van der Waals surface area contributed by atoms with Crippen molar-refractivity contribution in [1.29, 1.82) is 0 Å². The summed E-state index contributed by atoms with van der Waals surface area (Å²) >= 11 is 5.50. The van der Waals surface area contributed by atoms with E-state index in [9.17, 15) is 17.6 Å². The number of carbonyl (C=O) groups is 1. The molecule has 3 nitrogen and oxygen atoms in total. The van der Waals surface area contributed by atoms with Crippen LogP contribution in [0.1, 0.15) is 16.8 Å². The molecule has 0 aliphatic carbocycles. The second kappa shape index (κ2) is 4.93. The van der Waals surface area contributed by atoms with Crippen LogP contribution < -0.4 is 0 Å².